The number of aryl methyl sites for hydroxylation is 1. The molecular formula is C13H22N2O3S. The van der Waals surface area contributed by atoms with Gasteiger partial charge in [0.15, 0.2) is 0 Å². The number of nitrogens with one attached hydrogen (secondary N) is 1. The van der Waals surface area contributed by atoms with Crippen molar-refractivity contribution >= 4 is 10.0 Å². The van der Waals surface area contributed by atoms with Gasteiger partial charge in [-0.25, -0.2) is 13.1 Å². The maximum absolute atomic E-state index is 12.3. The summed E-state index contributed by atoms with van der Waals surface area (Å²) in [6, 6.07) is 1.53. The van der Waals surface area contributed by atoms with Gasteiger partial charge in [-0.05, 0) is 30.7 Å². The van der Waals surface area contributed by atoms with Crippen LogP contribution in [-0.2, 0) is 23.7 Å². The van der Waals surface area contributed by atoms with Crippen LogP contribution >= 0.6 is 0 Å². The van der Waals surface area contributed by atoms with Crippen LogP contribution in [0, 0.1) is 5.41 Å². The van der Waals surface area contributed by atoms with Crippen molar-refractivity contribution < 1.29 is 13.5 Å². The molecule has 108 valence electrons. The fraction of sp³-hybridized carbons (Fsp3) is 0.692. The van der Waals surface area contributed by atoms with E-state index in [1.807, 2.05) is 0 Å². The lowest BCUT2D eigenvalue weighted by atomic mass is 9.92. The Bertz CT molecular complexity index is 560. The van der Waals surface area contributed by atoms with E-state index in [4.69, 9.17) is 5.11 Å². The second-order valence-corrected chi connectivity index (χ2v) is 7.88. The van der Waals surface area contributed by atoms with Crippen molar-refractivity contribution in [1.29, 1.82) is 0 Å². The zero-order valence-electron chi connectivity index (χ0n) is 11.7. The van der Waals surface area contributed by atoms with Crippen LogP contribution in [0.15, 0.2) is 17.2 Å². The highest BCUT2D eigenvalue weighted by atomic mass is 32.2. The molecule has 0 amide bonds. The lowest BCUT2D eigenvalue weighted by molar-refractivity contribution is 0.272. The van der Waals surface area contributed by atoms with Crippen LogP contribution in [0.3, 0.4) is 0 Å². The lowest BCUT2D eigenvalue weighted by Gasteiger charge is -2.17. The van der Waals surface area contributed by atoms with E-state index in [0.717, 1.165) is 19.3 Å². The molecule has 1 heterocycles. The molecule has 2 N–H and O–H groups in total. The maximum Gasteiger partial charge on any atom is 0.242 e. The molecule has 6 heteroatoms. The van der Waals surface area contributed by atoms with E-state index in [2.05, 4.69) is 18.6 Å². The van der Waals surface area contributed by atoms with Gasteiger partial charge < -0.3 is 9.67 Å². The lowest BCUT2D eigenvalue weighted by Crippen LogP contribution is -2.33. The van der Waals surface area contributed by atoms with E-state index in [-0.39, 0.29) is 23.0 Å². The Labute approximate surface area is 114 Å². The van der Waals surface area contributed by atoms with Gasteiger partial charge in [0.2, 0.25) is 10.0 Å². The van der Waals surface area contributed by atoms with Gasteiger partial charge in [-0.2, -0.15) is 0 Å². The zero-order chi connectivity index (χ0) is 14.3. The summed E-state index contributed by atoms with van der Waals surface area (Å²) < 4.78 is 29.0. The largest absolute Gasteiger partial charge is 0.390 e. The Hall–Kier alpha value is -0.850. The predicted molar refractivity (Wildman–Crippen MR) is 73.1 cm³/mol. The van der Waals surface area contributed by atoms with Crippen LogP contribution in [0.4, 0.5) is 0 Å². The number of rotatable bonds is 4. The summed E-state index contributed by atoms with van der Waals surface area (Å²) in [5, 5.41) is 9.11. The van der Waals surface area contributed by atoms with Crippen molar-refractivity contribution in [3.63, 3.8) is 0 Å². The first-order chi connectivity index (χ1) is 8.73. The number of hydrogen-bond donors (Lipinski definition) is 2. The van der Waals surface area contributed by atoms with Gasteiger partial charge in [0.25, 0.3) is 0 Å². The van der Waals surface area contributed by atoms with E-state index in [1.165, 1.54) is 12.3 Å². The summed E-state index contributed by atoms with van der Waals surface area (Å²) in [4.78, 5) is 0.226. The summed E-state index contributed by atoms with van der Waals surface area (Å²) in [7, 11) is -1.76. The van der Waals surface area contributed by atoms with Crippen LogP contribution in [0.1, 0.15) is 38.8 Å². The van der Waals surface area contributed by atoms with Crippen molar-refractivity contribution in [2.75, 3.05) is 0 Å². The molecular weight excluding hydrogens is 264 g/mol. The SMILES string of the molecule is Cn1cc(S(=O)(=O)NC2CCC(C)(C)C2)cc1CO. The van der Waals surface area contributed by atoms with Crippen LogP contribution in [-0.4, -0.2) is 24.1 Å². The average molecular weight is 286 g/mol. The normalized spacial score (nSPS) is 22.8. The minimum absolute atomic E-state index is 0.0118. The van der Waals surface area contributed by atoms with Gasteiger partial charge in [0, 0.05) is 25.0 Å². The van der Waals surface area contributed by atoms with Crippen LogP contribution < -0.4 is 4.72 Å². The fourth-order valence-corrected chi connectivity index (χ4v) is 4.07. The van der Waals surface area contributed by atoms with Crippen LogP contribution in [0.25, 0.3) is 0 Å². The van der Waals surface area contributed by atoms with Gasteiger partial charge in [-0.3, -0.25) is 0 Å². The van der Waals surface area contributed by atoms with Crippen molar-refractivity contribution in [3.8, 4) is 0 Å². The van der Waals surface area contributed by atoms with E-state index < -0.39 is 10.0 Å². The Kier molecular flexibility index (Phi) is 3.77. The zero-order valence-corrected chi connectivity index (χ0v) is 12.5. The standard InChI is InChI=1S/C13H22N2O3S/c1-13(2)5-4-10(7-13)14-19(17,18)12-6-11(9-16)15(3)8-12/h6,8,10,14,16H,4-5,7,9H2,1-3H3. The van der Waals surface area contributed by atoms with Crippen LogP contribution in [0.5, 0.6) is 0 Å². The number of aliphatic hydroxyl groups is 1. The van der Waals surface area contributed by atoms with E-state index in [9.17, 15) is 8.42 Å². The molecule has 0 aromatic carbocycles. The van der Waals surface area contributed by atoms with Gasteiger partial charge in [-0.1, -0.05) is 13.8 Å². The molecule has 1 atom stereocenters. The molecule has 0 bridgehead atoms. The molecule has 0 aliphatic heterocycles. The molecule has 0 spiro atoms. The first kappa shape index (κ1) is 14.6. The quantitative estimate of drug-likeness (QED) is 0.878. The Balaban J connectivity index is 2.14. The van der Waals surface area contributed by atoms with Crippen molar-refractivity contribution in [2.24, 2.45) is 12.5 Å². The topological polar surface area (TPSA) is 71.3 Å². The number of nitrogens with zero attached hydrogens (tertiary/aromatic N) is 1. The predicted octanol–water partition coefficient (Wildman–Crippen LogP) is 1.37. The van der Waals surface area contributed by atoms with E-state index in [0.29, 0.717) is 5.69 Å². The summed E-state index contributed by atoms with van der Waals surface area (Å²) in [6.45, 7) is 4.16. The molecule has 0 saturated heterocycles. The monoisotopic (exact) mass is 286 g/mol. The smallest absolute Gasteiger partial charge is 0.242 e. The second-order valence-electron chi connectivity index (χ2n) is 6.16. The minimum atomic E-state index is -3.49. The fourth-order valence-electron chi connectivity index (χ4n) is 2.71. The molecule has 1 unspecified atom stereocenters. The Morgan fingerprint density at radius 1 is 1.53 bits per heavy atom. The second kappa shape index (κ2) is 4.92. The Morgan fingerprint density at radius 2 is 2.21 bits per heavy atom. The van der Waals surface area contributed by atoms with Gasteiger partial charge in [0.05, 0.1) is 11.5 Å². The number of aromatic nitrogens is 1. The minimum Gasteiger partial charge on any atom is -0.390 e. The first-order valence-electron chi connectivity index (χ1n) is 6.52. The summed E-state index contributed by atoms with van der Waals surface area (Å²) in [5.41, 5.74) is 0.798. The number of sulfonamides is 1. The number of aliphatic hydroxyl groups excluding tert-OH is 1. The van der Waals surface area contributed by atoms with Crippen molar-refractivity contribution in [3.05, 3.63) is 18.0 Å². The molecule has 1 fully saturated rings. The first-order valence-corrected chi connectivity index (χ1v) is 8.00. The summed E-state index contributed by atoms with van der Waals surface area (Å²) in [5.74, 6) is 0. The van der Waals surface area contributed by atoms with Gasteiger partial charge in [0.1, 0.15) is 0 Å². The molecule has 1 aromatic heterocycles. The summed E-state index contributed by atoms with van der Waals surface area (Å²) in [6.07, 6.45) is 4.32. The van der Waals surface area contributed by atoms with Gasteiger partial charge >= 0.3 is 0 Å². The average Bonchev–Trinajstić information content (AvgIpc) is 2.81. The third-order valence-corrected chi connectivity index (χ3v) is 5.33. The van der Waals surface area contributed by atoms with Crippen molar-refractivity contribution in [2.45, 2.75) is 50.7 Å². The van der Waals surface area contributed by atoms with E-state index >= 15 is 0 Å². The Morgan fingerprint density at radius 3 is 2.68 bits per heavy atom. The van der Waals surface area contributed by atoms with E-state index in [1.54, 1.807) is 11.6 Å². The molecule has 1 saturated carbocycles. The highest BCUT2D eigenvalue weighted by molar-refractivity contribution is 7.89. The molecule has 0 radical (unpaired) electrons. The highest BCUT2D eigenvalue weighted by Crippen LogP contribution is 2.37. The molecule has 1 aliphatic rings. The number of hydrogen-bond acceptors (Lipinski definition) is 3. The molecule has 5 nitrogen and oxygen atoms in total. The highest BCUT2D eigenvalue weighted by Gasteiger charge is 2.33. The molecule has 1 aliphatic carbocycles. The molecule has 19 heavy (non-hydrogen) atoms. The third kappa shape index (κ3) is 3.19. The van der Waals surface area contributed by atoms with Gasteiger partial charge in [-0.15, -0.1) is 0 Å². The van der Waals surface area contributed by atoms with Crippen molar-refractivity contribution in [1.82, 2.24) is 9.29 Å². The third-order valence-electron chi connectivity index (χ3n) is 3.85. The molecule has 2 rings (SSSR count). The maximum atomic E-state index is 12.3. The summed E-state index contributed by atoms with van der Waals surface area (Å²) >= 11 is 0. The van der Waals surface area contributed by atoms with Crippen LogP contribution in [0.2, 0.25) is 0 Å². The molecule has 1 aromatic rings.